The van der Waals surface area contributed by atoms with Gasteiger partial charge in [0.15, 0.2) is 0 Å². The molecule has 0 saturated carbocycles. The maximum absolute atomic E-state index is 12.8. The molecule has 0 aliphatic carbocycles. The van der Waals surface area contributed by atoms with Crippen molar-refractivity contribution >= 4 is 39.1 Å². The van der Waals surface area contributed by atoms with E-state index in [-0.39, 0.29) is 16.9 Å². The number of hydrogen-bond acceptors (Lipinski definition) is 3. The van der Waals surface area contributed by atoms with Crippen LogP contribution in [0.15, 0.2) is 41.3 Å². The van der Waals surface area contributed by atoms with Crippen LogP contribution in [0, 0.1) is 11.8 Å². The Kier molecular flexibility index (Phi) is 5.46. The Labute approximate surface area is 160 Å². The molecule has 0 fully saturated rings. The second kappa shape index (κ2) is 7.77. The molecular weight excluding hydrogens is 368 g/mol. The first-order chi connectivity index (χ1) is 12.5. The third kappa shape index (κ3) is 3.67. The summed E-state index contributed by atoms with van der Waals surface area (Å²) in [6.07, 6.45) is 1.63. The van der Waals surface area contributed by atoms with Gasteiger partial charge in [-0.05, 0) is 37.6 Å². The average molecular weight is 385 g/mol. The van der Waals surface area contributed by atoms with E-state index in [0.717, 1.165) is 15.3 Å². The lowest BCUT2D eigenvalue weighted by Crippen LogP contribution is -2.29. The van der Waals surface area contributed by atoms with Crippen molar-refractivity contribution in [3.05, 3.63) is 67.8 Å². The molecule has 6 heteroatoms. The zero-order valence-electron chi connectivity index (χ0n) is 14.4. The van der Waals surface area contributed by atoms with Gasteiger partial charge in [0.25, 0.3) is 5.91 Å². The predicted molar refractivity (Wildman–Crippen MR) is 107 cm³/mol. The molecule has 0 saturated heterocycles. The Morgan fingerprint density at radius 1 is 1.31 bits per heavy atom. The fraction of sp³-hybridized carbons (Fsp3) is 0.200. The second-order valence-electron chi connectivity index (χ2n) is 5.67. The van der Waals surface area contributed by atoms with E-state index in [2.05, 4.69) is 17.2 Å². The van der Waals surface area contributed by atoms with Gasteiger partial charge in [-0.25, -0.2) is 0 Å². The summed E-state index contributed by atoms with van der Waals surface area (Å²) in [6.45, 7) is 4.72. The predicted octanol–water partition coefficient (Wildman–Crippen LogP) is 4.04. The zero-order chi connectivity index (χ0) is 18.7. The Bertz CT molecular complexity index is 1090. The molecule has 0 radical (unpaired) electrons. The number of thiophene rings is 1. The Morgan fingerprint density at radius 2 is 2.04 bits per heavy atom. The molecule has 132 valence electrons. The summed E-state index contributed by atoms with van der Waals surface area (Å²) in [4.78, 5) is 27.0. The fourth-order valence-electron chi connectivity index (χ4n) is 2.64. The van der Waals surface area contributed by atoms with Crippen molar-refractivity contribution in [2.75, 3.05) is 0 Å². The molecule has 3 aromatic rings. The van der Waals surface area contributed by atoms with Gasteiger partial charge in [0, 0.05) is 24.3 Å². The van der Waals surface area contributed by atoms with Crippen molar-refractivity contribution in [3.8, 4) is 11.8 Å². The quantitative estimate of drug-likeness (QED) is 0.690. The number of aryl methyl sites for hydroxylation is 1. The standard InChI is InChI=1S/C20H17ClN2O2S/c1-3-5-15-10-16-18(24)17(12-23(4-2)20(16)26-15)19(25)22-11-13-6-8-14(21)9-7-13/h6-10,12H,4,11H2,1-2H3,(H,22,25). The number of fused-ring (bicyclic) bond motifs is 1. The van der Waals surface area contributed by atoms with Crippen LogP contribution in [0.5, 0.6) is 0 Å². The molecule has 0 spiro atoms. The van der Waals surface area contributed by atoms with Crippen molar-refractivity contribution in [2.24, 2.45) is 0 Å². The van der Waals surface area contributed by atoms with E-state index in [1.54, 1.807) is 31.3 Å². The van der Waals surface area contributed by atoms with Crippen LogP contribution in [0.25, 0.3) is 10.2 Å². The maximum Gasteiger partial charge on any atom is 0.257 e. The SMILES string of the molecule is CC#Cc1cc2c(=O)c(C(=O)NCc3ccc(Cl)cc3)cn(CC)c2s1. The smallest absolute Gasteiger partial charge is 0.257 e. The van der Waals surface area contributed by atoms with Crippen molar-refractivity contribution in [1.82, 2.24) is 9.88 Å². The van der Waals surface area contributed by atoms with E-state index >= 15 is 0 Å². The minimum atomic E-state index is -0.386. The Balaban J connectivity index is 1.94. The first kappa shape index (κ1) is 18.2. The average Bonchev–Trinajstić information content (AvgIpc) is 3.06. The first-order valence-corrected chi connectivity index (χ1v) is 9.35. The molecule has 0 unspecified atom stereocenters. The number of benzene rings is 1. The number of amides is 1. The van der Waals surface area contributed by atoms with Crippen LogP contribution in [-0.4, -0.2) is 10.5 Å². The van der Waals surface area contributed by atoms with Crippen molar-refractivity contribution in [3.63, 3.8) is 0 Å². The number of carbonyl (C=O) groups is 1. The summed E-state index contributed by atoms with van der Waals surface area (Å²) >= 11 is 7.33. The molecule has 0 aliphatic heterocycles. The first-order valence-electron chi connectivity index (χ1n) is 8.16. The molecule has 0 atom stereocenters. The molecule has 0 aliphatic rings. The number of rotatable bonds is 4. The largest absolute Gasteiger partial charge is 0.348 e. The minimum Gasteiger partial charge on any atom is -0.348 e. The monoisotopic (exact) mass is 384 g/mol. The molecule has 3 rings (SSSR count). The molecule has 2 aromatic heterocycles. The van der Waals surface area contributed by atoms with Crippen molar-refractivity contribution in [1.29, 1.82) is 0 Å². The number of halogens is 1. The topological polar surface area (TPSA) is 51.1 Å². The normalized spacial score (nSPS) is 10.4. The van der Waals surface area contributed by atoms with Crippen LogP contribution in [0.4, 0.5) is 0 Å². The van der Waals surface area contributed by atoms with E-state index in [0.29, 0.717) is 23.5 Å². The number of nitrogens with one attached hydrogen (secondary N) is 1. The fourth-order valence-corrected chi connectivity index (χ4v) is 3.86. The molecule has 1 amide bonds. The van der Waals surface area contributed by atoms with Gasteiger partial charge in [-0.2, -0.15) is 0 Å². The summed E-state index contributed by atoms with van der Waals surface area (Å²) in [5, 5.41) is 3.98. The summed E-state index contributed by atoms with van der Waals surface area (Å²) in [7, 11) is 0. The van der Waals surface area contributed by atoms with E-state index in [4.69, 9.17) is 11.6 Å². The van der Waals surface area contributed by atoms with Gasteiger partial charge in [-0.1, -0.05) is 29.7 Å². The van der Waals surface area contributed by atoms with Gasteiger partial charge < -0.3 is 9.88 Å². The maximum atomic E-state index is 12.8. The zero-order valence-corrected chi connectivity index (χ0v) is 16.0. The van der Waals surface area contributed by atoms with E-state index in [1.165, 1.54) is 11.3 Å². The van der Waals surface area contributed by atoms with Crippen molar-refractivity contribution < 1.29 is 4.79 Å². The molecule has 1 aromatic carbocycles. The highest BCUT2D eigenvalue weighted by atomic mass is 35.5. The van der Waals surface area contributed by atoms with E-state index in [9.17, 15) is 9.59 Å². The number of nitrogens with zero attached hydrogens (tertiary/aromatic N) is 1. The second-order valence-corrected chi connectivity index (χ2v) is 7.14. The number of aromatic nitrogens is 1. The van der Waals surface area contributed by atoms with Crippen LogP contribution in [0.3, 0.4) is 0 Å². The summed E-state index contributed by atoms with van der Waals surface area (Å²) < 4.78 is 1.92. The minimum absolute atomic E-state index is 0.141. The highest BCUT2D eigenvalue weighted by Crippen LogP contribution is 2.23. The molecule has 4 nitrogen and oxygen atoms in total. The van der Waals surface area contributed by atoms with Crippen LogP contribution in [-0.2, 0) is 13.1 Å². The summed E-state index contributed by atoms with van der Waals surface area (Å²) in [5.41, 5.74) is 0.788. The van der Waals surface area contributed by atoms with E-state index < -0.39 is 0 Å². The lowest BCUT2D eigenvalue weighted by Gasteiger charge is -2.09. The van der Waals surface area contributed by atoms with Gasteiger partial charge in [0.1, 0.15) is 10.4 Å². The number of pyridine rings is 1. The summed E-state index contributed by atoms with van der Waals surface area (Å²) in [5.74, 6) is 5.44. The lowest BCUT2D eigenvalue weighted by atomic mass is 10.2. The highest BCUT2D eigenvalue weighted by Gasteiger charge is 2.17. The van der Waals surface area contributed by atoms with Gasteiger partial charge >= 0.3 is 0 Å². The van der Waals surface area contributed by atoms with Gasteiger partial charge in [-0.15, -0.1) is 17.3 Å². The number of carbonyl (C=O) groups excluding carboxylic acids is 1. The lowest BCUT2D eigenvalue weighted by molar-refractivity contribution is 0.0949. The number of hydrogen-bond donors (Lipinski definition) is 1. The van der Waals surface area contributed by atoms with Gasteiger partial charge in [0.05, 0.1) is 10.3 Å². The third-order valence-corrected chi connectivity index (χ3v) is 5.29. The molecular formula is C20H17ClN2O2S. The molecule has 0 bridgehead atoms. The Hall–Kier alpha value is -2.55. The van der Waals surface area contributed by atoms with Crippen LogP contribution < -0.4 is 10.7 Å². The molecule has 2 heterocycles. The van der Waals surface area contributed by atoms with E-state index in [1.807, 2.05) is 23.6 Å². The van der Waals surface area contributed by atoms with Crippen LogP contribution in [0.2, 0.25) is 5.02 Å². The highest BCUT2D eigenvalue weighted by molar-refractivity contribution is 7.19. The Morgan fingerprint density at radius 3 is 2.69 bits per heavy atom. The van der Waals surface area contributed by atoms with Crippen LogP contribution >= 0.6 is 22.9 Å². The molecule has 26 heavy (non-hydrogen) atoms. The van der Waals surface area contributed by atoms with Gasteiger partial charge in [-0.3, -0.25) is 9.59 Å². The molecule has 1 N–H and O–H groups in total. The third-order valence-electron chi connectivity index (χ3n) is 3.95. The van der Waals surface area contributed by atoms with Crippen molar-refractivity contribution in [2.45, 2.75) is 26.9 Å². The van der Waals surface area contributed by atoms with Gasteiger partial charge in [0.2, 0.25) is 5.43 Å². The summed E-state index contributed by atoms with van der Waals surface area (Å²) in [6, 6.07) is 8.97. The van der Waals surface area contributed by atoms with Crippen LogP contribution in [0.1, 0.15) is 34.6 Å².